The Balaban J connectivity index is 1.92. The molecule has 0 aromatic heterocycles. The summed E-state index contributed by atoms with van der Waals surface area (Å²) in [6, 6.07) is 10.4. The van der Waals surface area contributed by atoms with Crippen molar-refractivity contribution in [3.8, 4) is 0 Å². The molecule has 1 heterocycles. The first-order valence-corrected chi connectivity index (χ1v) is 6.65. The van der Waals surface area contributed by atoms with Gasteiger partial charge in [0.1, 0.15) is 6.61 Å². The van der Waals surface area contributed by atoms with Gasteiger partial charge in [-0.25, -0.2) is 4.99 Å². The van der Waals surface area contributed by atoms with E-state index in [2.05, 4.69) is 31.0 Å². The molecule has 0 spiro atoms. The lowest BCUT2D eigenvalue weighted by Crippen LogP contribution is -2.32. The fourth-order valence-corrected chi connectivity index (χ4v) is 2.26. The molecular weight excluding hydrogens is 224 g/mol. The number of benzene rings is 1. The summed E-state index contributed by atoms with van der Waals surface area (Å²) < 4.78 is 5.63. The van der Waals surface area contributed by atoms with Crippen LogP contribution in [0.4, 0.5) is 0 Å². The van der Waals surface area contributed by atoms with Gasteiger partial charge in [-0.2, -0.15) is 0 Å². The van der Waals surface area contributed by atoms with Crippen LogP contribution in [-0.2, 0) is 11.2 Å². The first-order valence-electron chi connectivity index (χ1n) is 6.65. The maximum absolute atomic E-state index is 6.15. The van der Waals surface area contributed by atoms with Gasteiger partial charge in [-0.15, -0.1) is 0 Å². The van der Waals surface area contributed by atoms with Crippen LogP contribution in [0.15, 0.2) is 35.3 Å². The minimum absolute atomic E-state index is 0.121. The van der Waals surface area contributed by atoms with Crippen molar-refractivity contribution in [1.29, 1.82) is 0 Å². The normalized spacial score (nSPS) is 20.7. The Morgan fingerprint density at radius 1 is 1.33 bits per heavy atom. The highest BCUT2D eigenvalue weighted by Gasteiger charge is 2.24. The van der Waals surface area contributed by atoms with E-state index in [0.29, 0.717) is 18.6 Å². The van der Waals surface area contributed by atoms with Crippen LogP contribution >= 0.6 is 0 Å². The summed E-state index contributed by atoms with van der Waals surface area (Å²) >= 11 is 0. The molecule has 0 fully saturated rings. The first-order chi connectivity index (χ1) is 8.65. The van der Waals surface area contributed by atoms with Crippen LogP contribution < -0.4 is 5.73 Å². The van der Waals surface area contributed by atoms with Gasteiger partial charge in [0.2, 0.25) is 5.90 Å². The molecule has 0 saturated heterocycles. The summed E-state index contributed by atoms with van der Waals surface area (Å²) in [5, 5.41) is 0. The summed E-state index contributed by atoms with van der Waals surface area (Å²) in [6.45, 7) is 5.10. The second-order valence-corrected chi connectivity index (χ2v) is 5.36. The topological polar surface area (TPSA) is 47.6 Å². The average molecular weight is 246 g/mol. The molecule has 1 aliphatic rings. The van der Waals surface area contributed by atoms with E-state index in [1.807, 2.05) is 18.2 Å². The van der Waals surface area contributed by atoms with Gasteiger partial charge in [0.25, 0.3) is 0 Å². The molecule has 1 aromatic rings. The molecule has 3 heteroatoms. The molecule has 0 radical (unpaired) electrons. The SMILES string of the molecule is CC(C)C[C@H]1COC([C@@H](N)Cc2ccccc2)=N1. The Morgan fingerprint density at radius 3 is 2.72 bits per heavy atom. The zero-order valence-corrected chi connectivity index (χ0v) is 11.2. The Morgan fingerprint density at radius 2 is 2.06 bits per heavy atom. The highest BCUT2D eigenvalue weighted by atomic mass is 16.5. The molecule has 0 unspecified atom stereocenters. The molecule has 2 rings (SSSR count). The third-order valence-corrected chi connectivity index (χ3v) is 3.09. The number of aliphatic imine (C=N–C) groups is 1. The maximum atomic E-state index is 6.15. The molecule has 1 aromatic carbocycles. The summed E-state index contributed by atoms with van der Waals surface area (Å²) in [6.07, 6.45) is 1.86. The molecule has 98 valence electrons. The minimum atomic E-state index is -0.121. The molecule has 0 aliphatic carbocycles. The van der Waals surface area contributed by atoms with Crippen molar-refractivity contribution in [2.24, 2.45) is 16.6 Å². The van der Waals surface area contributed by atoms with Gasteiger partial charge in [-0.1, -0.05) is 44.2 Å². The van der Waals surface area contributed by atoms with Gasteiger partial charge in [0.05, 0.1) is 12.1 Å². The highest BCUT2D eigenvalue weighted by Crippen LogP contribution is 2.16. The number of nitrogens with zero attached hydrogens (tertiary/aromatic N) is 1. The van der Waals surface area contributed by atoms with Crippen molar-refractivity contribution in [2.45, 2.75) is 38.8 Å². The van der Waals surface area contributed by atoms with Gasteiger partial charge in [0.15, 0.2) is 0 Å². The quantitative estimate of drug-likeness (QED) is 0.867. The van der Waals surface area contributed by atoms with E-state index in [0.717, 1.165) is 18.7 Å². The van der Waals surface area contributed by atoms with Gasteiger partial charge in [-0.05, 0) is 24.3 Å². The van der Waals surface area contributed by atoms with Crippen LogP contribution in [0, 0.1) is 5.92 Å². The van der Waals surface area contributed by atoms with Crippen molar-refractivity contribution in [2.75, 3.05) is 6.61 Å². The average Bonchev–Trinajstić information content (AvgIpc) is 2.78. The molecular formula is C15H22N2O. The van der Waals surface area contributed by atoms with Crippen LogP contribution in [0.2, 0.25) is 0 Å². The van der Waals surface area contributed by atoms with E-state index in [9.17, 15) is 0 Å². The number of hydrogen-bond donors (Lipinski definition) is 1. The van der Waals surface area contributed by atoms with Gasteiger partial charge in [-0.3, -0.25) is 0 Å². The van der Waals surface area contributed by atoms with Crippen molar-refractivity contribution < 1.29 is 4.74 Å². The summed E-state index contributed by atoms with van der Waals surface area (Å²) in [5.41, 5.74) is 7.37. The summed E-state index contributed by atoms with van der Waals surface area (Å²) in [5.74, 6) is 1.37. The van der Waals surface area contributed by atoms with E-state index in [4.69, 9.17) is 10.5 Å². The van der Waals surface area contributed by atoms with E-state index in [-0.39, 0.29) is 6.04 Å². The standard InChI is InChI=1S/C15H22N2O/c1-11(2)8-13-10-18-15(17-13)14(16)9-12-6-4-3-5-7-12/h3-7,11,13-14H,8-10,16H2,1-2H3/t13-,14-/m0/s1. The maximum Gasteiger partial charge on any atom is 0.201 e. The molecule has 2 atom stereocenters. The van der Waals surface area contributed by atoms with Crippen LogP contribution in [0.1, 0.15) is 25.8 Å². The van der Waals surface area contributed by atoms with Crippen LogP contribution in [-0.4, -0.2) is 24.6 Å². The Labute approximate surface area is 109 Å². The Bertz CT molecular complexity index is 400. The largest absolute Gasteiger partial charge is 0.478 e. The number of hydrogen-bond acceptors (Lipinski definition) is 3. The van der Waals surface area contributed by atoms with Gasteiger partial charge in [0, 0.05) is 0 Å². The van der Waals surface area contributed by atoms with E-state index in [1.54, 1.807) is 0 Å². The molecule has 3 nitrogen and oxygen atoms in total. The first kappa shape index (κ1) is 13.1. The fourth-order valence-electron chi connectivity index (χ4n) is 2.26. The lowest BCUT2D eigenvalue weighted by molar-refractivity contribution is 0.291. The van der Waals surface area contributed by atoms with E-state index in [1.165, 1.54) is 5.56 Å². The second-order valence-electron chi connectivity index (χ2n) is 5.36. The monoisotopic (exact) mass is 246 g/mol. The van der Waals surface area contributed by atoms with Crippen LogP contribution in [0.5, 0.6) is 0 Å². The third-order valence-electron chi connectivity index (χ3n) is 3.09. The summed E-state index contributed by atoms with van der Waals surface area (Å²) in [7, 11) is 0. The second kappa shape index (κ2) is 6.01. The lowest BCUT2D eigenvalue weighted by atomic mass is 10.1. The lowest BCUT2D eigenvalue weighted by Gasteiger charge is -2.10. The molecule has 2 N–H and O–H groups in total. The van der Waals surface area contributed by atoms with E-state index < -0.39 is 0 Å². The predicted octanol–water partition coefficient (Wildman–Crippen LogP) is 2.40. The number of ether oxygens (including phenoxy) is 1. The zero-order chi connectivity index (χ0) is 13.0. The van der Waals surface area contributed by atoms with Crippen LogP contribution in [0.3, 0.4) is 0 Å². The van der Waals surface area contributed by atoms with Crippen molar-refractivity contribution in [3.63, 3.8) is 0 Å². The Hall–Kier alpha value is -1.35. The smallest absolute Gasteiger partial charge is 0.201 e. The van der Waals surface area contributed by atoms with Crippen LogP contribution in [0.25, 0.3) is 0 Å². The summed E-state index contributed by atoms with van der Waals surface area (Å²) in [4.78, 5) is 4.59. The Kier molecular flexibility index (Phi) is 4.37. The fraction of sp³-hybridized carbons (Fsp3) is 0.533. The van der Waals surface area contributed by atoms with Gasteiger partial charge >= 0.3 is 0 Å². The number of rotatable bonds is 5. The van der Waals surface area contributed by atoms with Gasteiger partial charge < -0.3 is 10.5 Å². The highest BCUT2D eigenvalue weighted by molar-refractivity contribution is 5.83. The number of nitrogens with two attached hydrogens (primary N) is 1. The van der Waals surface area contributed by atoms with Crippen molar-refractivity contribution in [1.82, 2.24) is 0 Å². The zero-order valence-electron chi connectivity index (χ0n) is 11.2. The third kappa shape index (κ3) is 3.57. The molecule has 18 heavy (non-hydrogen) atoms. The molecule has 1 aliphatic heterocycles. The molecule has 0 amide bonds. The minimum Gasteiger partial charge on any atom is -0.478 e. The predicted molar refractivity (Wildman–Crippen MR) is 74.8 cm³/mol. The van der Waals surface area contributed by atoms with E-state index >= 15 is 0 Å². The van der Waals surface area contributed by atoms with Crippen molar-refractivity contribution in [3.05, 3.63) is 35.9 Å². The molecule has 0 bridgehead atoms. The van der Waals surface area contributed by atoms with Crippen molar-refractivity contribution >= 4 is 5.90 Å². The molecule has 0 saturated carbocycles.